The van der Waals surface area contributed by atoms with Crippen molar-refractivity contribution in [3.8, 4) is 0 Å². The molecule has 2 rings (SSSR count). The number of carbonyl (C=O) groups is 1. The van der Waals surface area contributed by atoms with Gasteiger partial charge in [0.05, 0.1) is 0 Å². The third-order valence-corrected chi connectivity index (χ3v) is 2.99. The molecule has 0 amide bonds. The molecule has 0 aliphatic carbocycles. The van der Waals surface area contributed by atoms with E-state index in [9.17, 15) is 4.79 Å². The predicted octanol–water partition coefficient (Wildman–Crippen LogP) is 2.52. The monoisotopic (exact) mass is 420 g/mol. The van der Waals surface area contributed by atoms with Crippen LogP contribution in [0.2, 0.25) is 0 Å². The first-order valence-electron chi connectivity index (χ1n) is 5.26. The fraction of sp³-hybridized carbons (Fsp3) is 0.0714. The summed E-state index contributed by atoms with van der Waals surface area (Å²) in [4.78, 5) is 12.1. The van der Waals surface area contributed by atoms with Crippen molar-refractivity contribution in [2.45, 2.75) is 6.61 Å². The topological polar surface area (TPSA) is 26.3 Å². The maximum absolute atomic E-state index is 12.1. The van der Waals surface area contributed by atoms with Crippen molar-refractivity contribution in [3.05, 3.63) is 71.3 Å². The average Bonchev–Trinajstić information content (AvgIpc) is 2.40. The van der Waals surface area contributed by atoms with E-state index in [1.807, 2.05) is 54.6 Å². The zero-order valence-electron chi connectivity index (χ0n) is 9.17. The van der Waals surface area contributed by atoms with Crippen molar-refractivity contribution >= 4 is 30.9 Å². The Labute approximate surface area is 116 Å². The fourth-order valence-electron chi connectivity index (χ4n) is 1.58. The molecule has 2 aromatic rings. The van der Waals surface area contributed by atoms with Crippen LogP contribution in [0.1, 0.15) is 21.5 Å². The Balaban J connectivity index is 2.20. The van der Waals surface area contributed by atoms with Gasteiger partial charge < -0.3 is 0 Å². The van der Waals surface area contributed by atoms with Crippen molar-refractivity contribution in [2.24, 2.45) is 0 Å². The van der Waals surface area contributed by atoms with Gasteiger partial charge in [0.25, 0.3) is 0 Å². The summed E-state index contributed by atoms with van der Waals surface area (Å²) in [6.45, 7) is 0.619. The Morgan fingerprint density at radius 2 is 1.53 bits per heavy atom. The molecule has 17 heavy (non-hydrogen) atoms. The zero-order valence-corrected chi connectivity index (χ0v) is 12.6. The average molecular weight is 420 g/mol. The van der Waals surface area contributed by atoms with E-state index >= 15 is 0 Å². The van der Waals surface area contributed by atoms with E-state index in [4.69, 9.17) is 2.81 Å². The summed E-state index contributed by atoms with van der Waals surface area (Å²) in [5, 5.41) is 0. The molecule has 0 bridgehead atoms. The summed E-state index contributed by atoms with van der Waals surface area (Å²) in [5.74, 6) is 0.0575. The first kappa shape index (κ1) is 12.4. The van der Waals surface area contributed by atoms with Gasteiger partial charge in [-0.3, -0.25) is 0 Å². The molecule has 0 atom stereocenters. The van der Waals surface area contributed by atoms with Crippen LogP contribution in [0.25, 0.3) is 0 Å². The molecule has 0 saturated carbocycles. The molecule has 0 aromatic heterocycles. The Morgan fingerprint density at radius 1 is 0.941 bits per heavy atom. The Hall–Kier alpha value is -1.05. The van der Waals surface area contributed by atoms with Gasteiger partial charge in [0.15, 0.2) is 0 Å². The van der Waals surface area contributed by atoms with Gasteiger partial charge in [-0.25, -0.2) is 0 Å². The normalized spacial score (nSPS) is 10.2. The van der Waals surface area contributed by atoms with E-state index in [-0.39, 0.29) is 5.78 Å². The van der Waals surface area contributed by atoms with Crippen molar-refractivity contribution in [1.29, 1.82) is 0 Å². The standard InChI is InChI=1S/C14H11O2.Bi/c15-10-11-6-8-13(9-7-11)14(16)12-4-2-1-3-5-12;/h1-9H,10H2;/q-1;+1. The van der Waals surface area contributed by atoms with E-state index in [1.54, 1.807) is 0 Å². The first-order chi connectivity index (χ1) is 8.31. The SMILES string of the molecule is O=C(c1ccccc1)c1ccc(C[O][Bi])cc1. The van der Waals surface area contributed by atoms with Crippen molar-refractivity contribution in [3.63, 3.8) is 0 Å². The summed E-state index contributed by atoms with van der Waals surface area (Å²) >= 11 is 0.917. The number of carbonyl (C=O) groups excluding carboxylic acids is 1. The molecule has 2 nitrogen and oxygen atoms in total. The van der Waals surface area contributed by atoms with Crippen LogP contribution < -0.4 is 0 Å². The predicted molar refractivity (Wildman–Crippen MR) is 66.9 cm³/mol. The second-order valence-electron chi connectivity index (χ2n) is 3.67. The van der Waals surface area contributed by atoms with Gasteiger partial charge in [-0.1, -0.05) is 0 Å². The number of benzene rings is 2. The van der Waals surface area contributed by atoms with Crippen molar-refractivity contribution in [1.82, 2.24) is 0 Å². The van der Waals surface area contributed by atoms with Crippen molar-refractivity contribution in [2.75, 3.05) is 0 Å². The van der Waals surface area contributed by atoms with E-state index in [2.05, 4.69) is 0 Å². The molecule has 0 unspecified atom stereocenters. The van der Waals surface area contributed by atoms with E-state index in [1.165, 1.54) is 0 Å². The van der Waals surface area contributed by atoms with Gasteiger partial charge in [0.2, 0.25) is 0 Å². The summed E-state index contributed by atoms with van der Waals surface area (Å²) in [7, 11) is 0. The number of ketones is 1. The quantitative estimate of drug-likeness (QED) is 0.562. The molecule has 0 heterocycles. The minimum atomic E-state index is 0.0575. The van der Waals surface area contributed by atoms with E-state index in [0.29, 0.717) is 12.2 Å². The second-order valence-corrected chi connectivity index (χ2v) is 4.67. The van der Waals surface area contributed by atoms with Gasteiger partial charge in [0.1, 0.15) is 0 Å². The summed E-state index contributed by atoms with van der Waals surface area (Å²) in [6.07, 6.45) is 0. The van der Waals surface area contributed by atoms with E-state index < -0.39 is 0 Å². The van der Waals surface area contributed by atoms with Crippen LogP contribution in [-0.4, -0.2) is 30.9 Å². The molecular weight excluding hydrogens is 409 g/mol. The molecule has 84 valence electrons. The summed E-state index contributed by atoms with van der Waals surface area (Å²) < 4.78 is 5.14. The van der Waals surface area contributed by atoms with Crippen LogP contribution in [0.5, 0.6) is 0 Å². The molecule has 0 aliphatic heterocycles. The number of rotatable bonds is 4. The molecule has 0 N–H and O–H groups in total. The Kier molecular flexibility index (Phi) is 4.41. The van der Waals surface area contributed by atoms with Gasteiger partial charge in [-0.15, -0.1) is 0 Å². The fourth-order valence-corrected chi connectivity index (χ4v) is 2.16. The molecule has 0 saturated heterocycles. The minimum absolute atomic E-state index is 0.0575. The maximum atomic E-state index is 12.1. The summed E-state index contributed by atoms with van der Waals surface area (Å²) in [6, 6.07) is 16.9. The first-order valence-corrected chi connectivity index (χ1v) is 6.68. The van der Waals surface area contributed by atoms with Crippen LogP contribution in [0.15, 0.2) is 54.6 Å². The molecule has 2 aromatic carbocycles. The van der Waals surface area contributed by atoms with Gasteiger partial charge in [-0.05, 0) is 0 Å². The molecule has 0 spiro atoms. The molecule has 3 heteroatoms. The van der Waals surface area contributed by atoms with Crippen molar-refractivity contribution < 1.29 is 7.61 Å². The number of hydrogen-bond acceptors (Lipinski definition) is 2. The van der Waals surface area contributed by atoms with Gasteiger partial charge in [0, 0.05) is 0 Å². The zero-order chi connectivity index (χ0) is 12.1. The Morgan fingerprint density at radius 3 is 2.12 bits per heavy atom. The second kappa shape index (κ2) is 6.04. The number of hydrogen-bond donors (Lipinski definition) is 0. The Bertz CT molecular complexity index is 491. The van der Waals surface area contributed by atoms with Crippen LogP contribution in [-0.2, 0) is 9.42 Å². The summed E-state index contributed by atoms with van der Waals surface area (Å²) in [5.41, 5.74) is 2.53. The van der Waals surface area contributed by atoms with E-state index in [0.717, 1.165) is 36.3 Å². The van der Waals surface area contributed by atoms with Crippen LogP contribution in [0.3, 0.4) is 0 Å². The van der Waals surface area contributed by atoms with Crippen LogP contribution in [0.4, 0.5) is 0 Å². The molecule has 2 radical (unpaired) electrons. The third-order valence-electron chi connectivity index (χ3n) is 2.48. The molecule has 0 aliphatic rings. The van der Waals surface area contributed by atoms with Crippen LogP contribution in [0, 0.1) is 0 Å². The van der Waals surface area contributed by atoms with Crippen LogP contribution >= 0.6 is 0 Å². The van der Waals surface area contributed by atoms with Gasteiger partial charge in [-0.2, -0.15) is 0 Å². The molecular formula is C14H11BiO2. The van der Waals surface area contributed by atoms with Gasteiger partial charge >= 0.3 is 116 Å². The third kappa shape index (κ3) is 3.21. The molecule has 0 fully saturated rings.